The van der Waals surface area contributed by atoms with Crippen molar-refractivity contribution in [3.63, 3.8) is 0 Å². The van der Waals surface area contributed by atoms with Crippen molar-refractivity contribution in [1.82, 2.24) is 4.31 Å². The molecule has 0 aliphatic carbocycles. The normalized spacial score (nSPS) is 24.3. The van der Waals surface area contributed by atoms with Crippen LogP contribution in [0.1, 0.15) is 12.8 Å². The number of allylic oxidation sites excluding steroid dienone is 4. The molecule has 1 rings (SSSR count). The maximum atomic E-state index is 14.3. The number of carboxylic acids is 1. The van der Waals surface area contributed by atoms with E-state index in [0.717, 1.165) is 12.2 Å². The average molecular weight is 335 g/mol. The lowest BCUT2D eigenvalue weighted by Crippen LogP contribution is -2.54. The summed E-state index contributed by atoms with van der Waals surface area (Å²) < 4.78 is 56.2. The molecule has 0 aromatic heterocycles. The summed E-state index contributed by atoms with van der Waals surface area (Å²) in [7, 11) is -3.68. The van der Waals surface area contributed by atoms with Crippen LogP contribution >= 0.6 is 0 Å². The number of alkyl halides is 2. The summed E-state index contributed by atoms with van der Waals surface area (Å²) in [6.07, 6.45) is 1.56. The highest BCUT2D eigenvalue weighted by Gasteiger charge is 2.54. The van der Waals surface area contributed by atoms with Crippen LogP contribution in [-0.2, 0) is 20.4 Å². The summed E-state index contributed by atoms with van der Waals surface area (Å²) in [5.74, 6) is -1.45. The molecule has 1 unspecified atom stereocenters. The minimum absolute atomic E-state index is 0.116. The van der Waals surface area contributed by atoms with Gasteiger partial charge in [-0.3, -0.25) is 4.79 Å². The molecule has 0 aromatic carbocycles. The van der Waals surface area contributed by atoms with Crippen molar-refractivity contribution < 1.29 is 31.8 Å². The van der Waals surface area contributed by atoms with Gasteiger partial charge in [-0.1, -0.05) is 25.3 Å². The molecule has 122 valence electrons. The Morgan fingerprint density at radius 2 is 1.95 bits per heavy atom. The van der Waals surface area contributed by atoms with Gasteiger partial charge < -0.3 is 9.84 Å². The average Bonchev–Trinajstić information content (AvgIpc) is 2.39. The van der Waals surface area contributed by atoms with Crippen LogP contribution in [0.4, 0.5) is 8.78 Å². The fourth-order valence-corrected chi connectivity index (χ4v) is 2.55. The molecule has 1 heterocycles. The SMILES string of the molecule is C=C/C=C1/OC(CCC(=O)O)C(F)(F)N([SH](=O)=O)/C1=C/C=C. The molecule has 0 aromatic rings. The highest BCUT2D eigenvalue weighted by molar-refractivity contribution is 7.70. The van der Waals surface area contributed by atoms with Crippen molar-refractivity contribution in [3.8, 4) is 0 Å². The van der Waals surface area contributed by atoms with Crippen LogP contribution in [0.5, 0.6) is 0 Å². The number of hydrogen-bond donors (Lipinski definition) is 2. The van der Waals surface area contributed by atoms with Gasteiger partial charge in [0.25, 0.3) is 0 Å². The highest BCUT2D eigenvalue weighted by Crippen LogP contribution is 2.41. The van der Waals surface area contributed by atoms with E-state index in [0.29, 0.717) is 0 Å². The molecular weight excluding hydrogens is 320 g/mol. The van der Waals surface area contributed by atoms with Crippen LogP contribution in [0.15, 0.2) is 48.9 Å². The maximum Gasteiger partial charge on any atom is 0.374 e. The number of morpholine rings is 1. The van der Waals surface area contributed by atoms with E-state index >= 15 is 0 Å². The number of halogens is 2. The Bertz CT molecular complexity index is 602. The quantitative estimate of drug-likeness (QED) is 0.571. The largest absolute Gasteiger partial charge is 0.481 e. The van der Waals surface area contributed by atoms with Gasteiger partial charge in [0.05, 0.1) is 5.70 Å². The number of carboxylic acid groups (broad SMARTS) is 1. The first kappa shape index (κ1) is 17.9. The second-order valence-corrected chi connectivity index (χ2v) is 5.11. The van der Waals surface area contributed by atoms with Gasteiger partial charge in [0.15, 0.2) is 6.10 Å². The highest BCUT2D eigenvalue weighted by atomic mass is 32.2. The molecule has 1 aliphatic rings. The zero-order valence-corrected chi connectivity index (χ0v) is 12.3. The van der Waals surface area contributed by atoms with Crippen LogP contribution in [0, 0.1) is 0 Å². The number of hydrogen-bond acceptors (Lipinski definition) is 4. The Morgan fingerprint density at radius 3 is 2.41 bits per heavy atom. The summed E-state index contributed by atoms with van der Waals surface area (Å²) in [5.41, 5.74) is -0.400. The first-order valence-electron chi connectivity index (χ1n) is 6.12. The number of rotatable bonds is 6. The van der Waals surface area contributed by atoms with Crippen molar-refractivity contribution >= 4 is 16.9 Å². The van der Waals surface area contributed by atoms with Crippen molar-refractivity contribution in [2.24, 2.45) is 0 Å². The van der Waals surface area contributed by atoms with E-state index in [1.165, 1.54) is 12.2 Å². The number of carbonyl (C=O) groups is 1. The minimum atomic E-state index is -3.92. The van der Waals surface area contributed by atoms with Crippen LogP contribution in [0.3, 0.4) is 0 Å². The standard InChI is InChI=1S/C13H15F2NO5S/c1-3-5-9-10(6-4-2)21-11(7-8-12(17)18)13(14,15)16(9)22(19)20/h3-6,11,22H,1-2,7-8H2,(H,17,18)/b9-5+,10-6+. The van der Waals surface area contributed by atoms with Gasteiger partial charge in [-0.15, -0.1) is 0 Å². The molecule has 9 heteroatoms. The van der Waals surface area contributed by atoms with E-state index in [2.05, 4.69) is 13.2 Å². The molecule has 0 amide bonds. The van der Waals surface area contributed by atoms with Crippen molar-refractivity contribution in [1.29, 1.82) is 0 Å². The lowest BCUT2D eigenvalue weighted by Gasteiger charge is -2.40. The number of aliphatic carboxylic acids is 1. The Balaban J connectivity index is 3.35. The predicted molar refractivity (Wildman–Crippen MR) is 75.4 cm³/mol. The Hall–Kier alpha value is -2.16. The van der Waals surface area contributed by atoms with E-state index in [-0.39, 0.29) is 10.1 Å². The Morgan fingerprint density at radius 1 is 1.36 bits per heavy atom. The molecule has 0 spiro atoms. The summed E-state index contributed by atoms with van der Waals surface area (Å²) in [4.78, 5) is 10.6. The van der Waals surface area contributed by atoms with Gasteiger partial charge in [0.1, 0.15) is 5.76 Å². The smallest absolute Gasteiger partial charge is 0.374 e. The van der Waals surface area contributed by atoms with Crippen LogP contribution in [0.25, 0.3) is 0 Å². The maximum absolute atomic E-state index is 14.3. The fourth-order valence-electron chi connectivity index (χ4n) is 1.87. The van der Waals surface area contributed by atoms with E-state index in [1.54, 1.807) is 0 Å². The molecule has 0 saturated carbocycles. The van der Waals surface area contributed by atoms with Gasteiger partial charge in [-0.2, -0.15) is 8.78 Å². The van der Waals surface area contributed by atoms with E-state index in [9.17, 15) is 22.0 Å². The van der Waals surface area contributed by atoms with Crippen molar-refractivity contribution in [2.75, 3.05) is 0 Å². The van der Waals surface area contributed by atoms with E-state index in [1.807, 2.05) is 0 Å². The lowest BCUT2D eigenvalue weighted by molar-refractivity contribution is -0.198. The topological polar surface area (TPSA) is 83.9 Å². The van der Waals surface area contributed by atoms with Crippen LogP contribution in [-0.4, -0.2) is 35.9 Å². The first-order valence-corrected chi connectivity index (χ1v) is 7.25. The fraction of sp³-hybridized carbons (Fsp3) is 0.308. The molecule has 1 saturated heterocycles. The molecule has 6 nitrogen and oxygen atoms in total. The zero-order valence-electron chi connectivity index (χ0n) is 11.4. The molecule has 1 atom stereocenters. The molecular formula is C13H15F2NO5S. The third-order valence-electron chi connectivity index (χ3n) is 2.75. The van der Waals surface area contributed by atoms with Gasteiger partial charge in [0, 0.05) is 12.8 Å². The number of thiol groups is 1. The summed E-state index contributed by atoms with van der Waals surface area (Å²) >= 11 is 0. The van der Waals surface area contributed by atoms with E-state index < -0.39 is 47.5 Å². The summed E-state index contributed by atoms with van der Waals surface area (Å²) in [6.45, 7) is 6.73. The van der Waals surface area contributed by atoms with Gasteiger partial charge in [-0.25, -0.2) is 12.7 Å². The molecule has 1 fully saturated rings. The van der Waals surface area contributed by atoms with Gasteiger partial charge >= 0.3 is 12.0 Å². The van der Waals surface area contributed by atoms with Gasteiger partial charge in [0.2, 0.25) is 10.9 Å². The Labute approximate surface area is 127 Å². The van der Waals surface area contributed by atoms with Crippen molar-refractivity contribution in [3.05, 3.63) is 48.9 Å². The Kier molecular flexibility index (Phi) is 5.86. The third kappa shape index (κ3) is 3.73. The monoisotopic (exact) mass is 335 g/mol. The number of nitrogens with zero attached hydrogens (tertiary/aromatic N) is 1. The van der Waals surface area contributed by atoms with Gasteiger partial charge in [-0.05, 0) is 12.2 Å². The summed E-state index contributed by atoms with van der Waals surface area (Å²) in [6, 6.07) is -3.92. The molecule has 1 N–H and O–H groups in total. The minimum Gasteiger partial charge on any atom is -0.481 e. The molecule has 0 radical (unpaired) electrons. The van der Waals surface area contributed by atoms with E-state index in [4.69, 9.17) is 9.84 Å². The van der Waals surface area contributed by atoms with Crippen molar-refractivity contribution in [2.45, 2.75) is 25.0 Å². The zero-order chi connectivity index (χ0) is 16.9. The third-order valence-corrected chi connectivity index (χ3v) is 3.56. The second-order valence-electron chi connectivity index (χ2n) is 4.23. The first-order chi connectivity index (χ1) is 10.3. The predicted octanol–water partition coefficient (Wildman–Crippen LogP) is 1.81. The number of ether oxygens (including phenoxy) is 1. The van der Waals surface area contributed by atoms with Crippen LogP contribution in [0.2, 0.25) is 0 Å². The molecule has 0 bridgehead atoms. The lowest BCUT2D eigenvalue weighted by atomic mass is 10.1. The molecule has 1 aliphatic heterocycles. The second kappa shape index (κ2) is 7.21. The summed E-state index contributed by atoms with van der Waals surface area (Å²) in [5, 5.41) is 8.61. The molecule has 22 heavy (non-hydrogen) atoms. The van der Waals surface area contributed by atoms with Crippen LogP contribution < -0.4 is 0 Å².